The predicted octanol–water partition coefficient (Wildman–Crippen LogP) is 7.07. The fourth-order valence-electron chi connectivity index (χ4n) is 2.16. The first-order valence-electron chi connectivity index (χ1n) is 8.06. The first kappa shape index (κ1) is 24.0. The molecule has 0 saturated carbocycles. The number of para-hydroxylation sites is 1. The molecule has 0 atom stereocenters. The van der Waals surface area contributed by atoms with Crippen LogP contribution in [0.25, 0.3) is 0 Å². The van der Waals surface area contributed by atoms with Crippen molar-refractivity contribution in [3.8, 4) is 5.75 Å². The molecule has 1 rings (SSSR count). The van der Waals surface area contributed by atoms with Crippen molar-refractivity contribution < 1.29 is 14.3 Å². The lowest BCUT2D eigenvalue weighted by molar-refractivity contribution is 0.373. The van der Waals surface area contributed by atoms with Gasteiger partial charge in [-0.1, -0.05) is 98.5 Å². The lowest BCUT2D eigenvalue weighted by atomic mass is 10.0. The van der Waals surface area contributed by atoms with E-state index in [2.05, 4.69) is 6.92 Å². The van der Waals surface area contributed by atoms with Crippen LogP contribution in [0.2, 0.25) is 0 Å². The second-order valence-electron chi connectivity index (χ2n) is 5.22. The Labute approximate surface area is 161 Å². The summed E-state index contributed by atoms with van der Waals surface area (Å²) in [6.45, 7) is 2.23. The Morgan fingerprint density at radius 2 is 1.58 bits per heavy atom. The van der Waals surface area contributed by atoms with Crippen LogP contribution < -0.4 is 4.52 Å². The van der Waals surface area contributed by atoms with Crippen molar-refractivity contribution in [2.24, 2.45) is 0 Å². The fraction of sp³-hybridized carbons (Fsp3) is 0.529. The molecule has 0 heterocycles. The Kier molecular flexibility index (Phi) is 16.4. The van der Waals surface area contributed by atoms with Crippen LogP contribution in [0.15, 0.2) is 34.3 Å². The Bertz CT molecular complexity index is 452. The summed E-state index contributed by atoms with van der Waals surface area (Å²) in [5, 5.41) is 0. The van der Waals surface area contributed by atoms with E-state index in [0.29, 0.717) is 5.75 Å². The van der Waals surface area contributed by atoms with Crippen LogP contribution in [0, 0.1) is 0 Å². The summed E-state index contributed by atoms with van der Waals surface area (Å²) in [5.74, 6) is 0.601. The van der Waals surface area contributed by atoms with Gasteiger partial charge in [0.2, 0.25) is 0 Å². The van der Waals surface area contributed by atoms with Crippen LogP contribution in [0.5, 0.6) is 5.75 Å². The molecule has 0 bridgehead atoms. The minimum Gasteiger partial charge on any atom is -0.427 e. The van der Waals surface area contributed by atoms with Gasteiger partial charge in [0.05, 0.1) is 0 Å². The van der Waals surface area contributed by atoms with Crippen LogP contribution in [0.1, 0.15) is 57.4 Å². The van der Waals surface area contributed by atoms with E-state index in [1.54, 1.807) is 6.07 Å². The standard InChI is InChI=1S/C15H25O3P.C2HCl3/c1-2-3-4-5-6-7-8-11-14-12-9-10-13-15(14)18-19(16)17;3-1-2(4)5/h9-10,12-13,16-17H,2-8,11H2,1H3;1H. The highest BCUT2D eigenvalue weighted by molar-refractivity contribution is 7.39. The zero-order chi connectivity index (χ0) is 18.2. The van der Waals surface area contributed by atoms with E-state index < -0.39 is 8.60 Å². The van der Waals surface area contributed by atoms with E-state index >= 15 is 0 Å². The van der Waals surface area contributed by atoms with Gasteiger partial charge < -0.3 is 14.3 Å². The molecule has 0 spiro atoms. The Morgan fingerprint density at radius 3 is 2.12 bits per heavy atom. The largest absolute Gasteiger partial charge is 0.427 e. The van der Waals surface area contributed by atoms with Crippen LogP contribution in [-0.4, -0.2) is 9.79 Å². The normalized spacial score (nSPS) is 10.1. The topological polar surface area (TPSA) is 49.7 Å². The van der Waals surface area contributed by atoms with E-state index in [0.717, 1.165) is 23.9 Å². The van der Waals surface area contributed by atoms with Crippen LogP contribution in [-0.2, 0) is 6.42 Å². The van der Waals surface area contributed by atoms with E-state index in [-0.39, 0.29) is 4.49 Å². The van der Waals surface area contributed by atoms with Gasteiger partial charge in [0.15, 0.2) is 0 Å². The second kappa shape index (κ2) is 16.4. The minimum atomic E-state index is -2.32. The predicted molar refractivity (Wildman–Crippen MR) is 106 cm³/mol. The van der Waals surface area contributed by atoms with E-state index in [9.17, 15) is 0 Å². The van der Waals surface area contributed by atoms with Crippen molar-refractivity contribution in [1.82, 2.24) is 0 Å². The maximum absolute atomic E-state index is 8.92. The number of benzene rings is 1. The molecule has 138 valence electrons. The third-order valence-corrected chi connectivity index (χ3v) is 4.30. The molecular formula is C17H26Cl3O3P. The molecule has 0 aliphatic carbocycles. The zero-order valence-corrected chi connectivity index (χ0v) is 17.1. The SMILES string of the molecule is CCCCCCCCCc1ccccc1OP(O)O.ClC=C(Cl)Cl. The highest BCUT2D eigenvalue weighted by atomic mass is 35.5. The monoisotopic (exact) mass is 414 g/mol. The maximum atomic E-state index is 8.92. The molecule has 1 aromatic rings. The molecule has 24 heavy (non-hydrogen) atoms. The molecule has 0 fully saturated rings. The van der Waals surface area contributed by atoms with Crippen LogP contribution in [0.3, 0.4) is 0 Å². The van der Waals surface area contributed by atoms with Crippen molar-refractivity contribution in [1.29, 1.82) is 0 Å². The average molecular weight is 416 g/mol. The van der Waals surface area contributed by atoms with Gasteiger partial charge in [0.25, 0.3) is 0 Å². The fourth-order valence-corrected chi connectivity index (χ4v) is 2.51. The molecule has 0 saturated heterocycles. The summed E-state index contributed by atoms with van der Waals surface area (Å²) < 4.78 is 5.12. The lowest BCUT2D eigenvalue weighted by Crippen LogP contribution is -1.93. The van der Waals surface area contributed by atoms with Crippen molar-refractivity contribution in [2.45, 2.75) is 58.3 Å². The number of rotatable bonds is 10. The first-order valence-corrected chi connectivity index (χ1v) is 10.4. The van der Waals surface area contributed by atoms with E-state index in [1.807, 2.05) is 18.2 Å². The van der Waals surface area contributed by atoms with Crippen molar-refractivity contribution in [3.63, 3.8) is 0 Å². The average Bonchev–Trinajstić information content (AvgIpc) is 2.55. The molecule has 0 aromatic heterocycles. The molecule has 0 unspecified atom stereocenters. The second-order valence-corrected chi connectivity index (χ2v) is 7.14. The van der Waals surface area contributed by atoms with Gasteiger partial charge in [-0.15, -0.1) is 0 Å². The highest BCUT2D eigenvalue weighted by Crippen LogP contribution is 2.32. The Balaban J connectivity index is 0.000000922. The van der Waals surface area contributed by atoms with Gasteiger partial charge in [-0.3, -0.25) is 0 Å². The van der Waals surface area contributed by atoms with Crippen molar-refractivity contribution >= 4 is 43.4 Å². The molecule has 7 heteroatoms. The Hall–Kier alpha value is -0.0200. The summed E-state index contributed by atoms with van der Waals surface area (Å²) in [7, 11) is -2.32. The minimum absolute atomic E-state index is 0.0895. The molecule has 2 N–H and O–H groups in total. The maximum Gasteiger partial charge on any atom is 0.391 e. The lowest BCUT2D eigenvalue weighted by Gasteiger charge is -2.10. The van der Waals surface area contributed by atoms with Crippen LogP contribution in [0.4, 0.5) is 0 Å². The van der Waals surface area contributed by atoms with E-state index in [4.69, 9.17) is 49.1 Å². The summed E-state index contributed by atoms with van der Waals surface area (Å²) >= 11 is 14.8. The van der Waals surface area contributed by atoms with Gasteiger partial charge in [0.1, 0.15) is 10.2 Å². The third kappa shape index (κ3) is 14.3. The molecule has 0 amide bonds. The molecular weight excluding hydrogens is 390 g/mol. The summed E-state index contributed by atoms with van der Waals surface area (Å²) in [6.07, 6.45) is 9.87. The number of hydrogen-bond donors (Lipinski definition) is 2. The molecule has 0 radical (unpaired) electrons. The van der Waals surface area contributed by atoms with Gasteiger partial charge in [-0.25, -0.2) is 0 Å². The molecule has 0 aliphatic heterocycles. The van der Waals surface area contributed by atoms with Gasteiger partial charge in [-0.05, 0) is 24.5 Å². The number of unbranched alkanes of at least 4 members (excludes halogenated alkanes) is 6. The quantitative estimate of drug-likeness (QED) is 0.317. The van der Waals surface area contributed by atoms with Crippen molar-refractivity contribution in [2.75, 3.05) is 0 Å². The number of hydrogen-bond acceptors (Lipinski definition) is 3. The molecule has 1 aromatic carbocycles. The van der Waals surface area contributed by atoms with E-state index in [1.165, 1.54) is 38.5 Å². The summed E-state index contributed by atoms with van der Waals surface area (Å²) in [4.78, 5) is 17.8. The van der Waals surface area contributed by atoms with Gasteiger partial charge in [-0.2, -0.15) is 0 Å². The smallest absolute Gasteiger partial charge is 0.391 e. The van der Waals surface area contributed by atoms with Crippen molar-refractivity contribution in [3.05, 3.63) is 39.9 Å². The number of aryl methyl sites for hydroxylation is 1. The van der Waals surface area contributed by atoms with Crippen LogP contribution >= 0.6 is 43.4 Å². The zero-order valence-electron chi connectivity index (χ0n) is 13.9. The highest BCUT2D eigenvalue weighted by Gasteiger charge is 2.07. The van der Waals surface area contributed by atoms with Gasteiger partial charge in [0, 0.05) is 5.54 Å². The third-order valence-electron chi connectivity index (χ3n) is 3.28. The number of halogens is 3. The van der Waals surface area contributed by atoms with Gasteiger partial charge >= 0.3 is 8.60 Å². The summed E-state index contributed by atoms with van der Waals surface area (Å²) in [5.41, 5.74) is 2.15. The Morgan fingerprint density at radius 1 is 1.04 bits per heavy atom. The molecule has 3 nitrogen and oxygen atoms in total. The summed E-state index contributed by atoms with van der Waals surface area (Å²) in [6, 6.07) is 7.59. The molecule has 0 aliphatic rings. The first-order chi connectivity index (χ1) is 11.5.